The number of hydrogen-bond acceptors (Lipinski definition) is 5. The summed E-state index contributed by atoms with van der Waals surface area (Å²) in [4.78, 5) is 26.4. The third-order valence-corrected chi connectivity index (χ3v) is 7.10. The normalized spacial score (nSPS) is 20.8. The number of nitrogens with one attached hydrogen (secondary N) is 1. The summed E-state index contributed by atoms with van der Waals surface area (Å²) in [6, 6.07) is 3.78. The summed E-state index contributed by atoms with van der Waals surface area (Å²) in [5, 5.41) is 7.56. The molecule has 0 aromatic heterocycles. The highest BCUT2D eigenvalue weighted by Crippen LogP contribution is 2.36. The second-order valence-corrected chi connectivity index (χ2v) is 10.2. The zero-order valence-corrected chi connectivity index (χ0v) is 19.7. The number of nitrogens with zero attached hydrogens (tertiary/aromatic N) is 2. The van der Waals surface area contributed by atoms with E-state index in [4.69, 9.17) is 9.88 Å². The lowest BCUT2D eigenvalue weighted by Gasteiger charge is -2.49. The first-order valence-electron chi connectivity index (χ1n) is 10.7. The maximum Gasteiger partial charge on any atom is 0.352 e. The minimum absolute atomic E-state index is 0.188. The van der Waals surface area contributed by atoms with Gasteiger partial charge in [-0.25, -0.2) is 13.9 Å². The Morgan fingerprint density at radius 2 is 1.67 bits per heavy atom. The summed E-state index contributed by atoms with van der Waals surface area (Å²) >= 11 is 0. The molecule has 194 valence electrons. The van der Waals surface area contributed by atoms with Gasteiger partial charge in [-0.2, -0.15) is 21.5 Å². The molecule has 4 rings (SSSR count). The Labute approximate surface area is 204 Å². The molecule has 2 unspecified atom stereocenters. The number of piperazine rings is 1. The van der Waals surface area contributed by atoms with Crippen LogP contribution in [0.2, 0.25) is 0 Å². The maximum absolute atomic E-state index is 15.4. The Kier molecular flexibility index (Phi) is 6.81. The fourth-order valence-electron chi connectivity index (χ4n) is 4.27. The molecule has 0 spiro atoms. The van der Waals surface area contributed by atoms with Gasteiger partial charge in [-0.3, -0.25) is 9.59 Å². The lowest BCUT2D eigenvalue weighted by atomic mass is 9.99. The summed E-state index contributed by atoms with van der Waals surface area (Å²) in [6.45, 7) is 0.313. The molecule has 2 bridgehead atoms. The van der Waals surface area contributed by atoms with Crippen molar-refractivity contribution in [3.63, 3.8) is 0 Å². The van der Waals surface area contributed by atoms with Crippen LogP contribution in [-0.4, -0.2) is 67.8 Å². The van der Waals surface area contributed by atoms with E-state index in [1.54, 1.807) is 0 Å². The number of ether oxygens (including phenoxy) is 1. The van der Waals surface area contributed by atoms with E-state index in [-0.39, 0.29) is 43.1 Å². The average molecular weight is 531 g/mol. The Hall–Kier alpha value is -3.07. The first-order valence-corrected chi connectivity index (χ1v) is 12.2. The highest BCUT2D eigenvalue weighted by molar-refractivity contribution is 7.86. The van der Waals surface area contributed by atoms with Crippen molar-refractivity contribution in [2.45, 2.75) is 24.9 Å². The molecule has 2 aliphatic rings. The van der Waals surface area contributed by atoms with Gasteiger partial charge in [-0.05, 0) is 48.9 Å². The van der Waals surface area contributed by atoms with Crippen LogP contribution in [0, 0.1) is 18.6 Å². The molecule has 2 fully saturated rings. The van der Waals surface area contributed by atoms with E-state index in [0.29, 0.717) is 12.1 Å². The topological polar surface area (TPSA) is 122 Å². The lowest BCUT2D eigenvalue weighted by Crippen LogP contribution is -2.69. The quantitative estimate of drug-likeness (QED) is 0.571. The maximum atomic E-state index is 15.4. The third-order valence-electron chi connectivity index (χ3n) is 6.08. The predicted molar refractivity (Wildman–Crippen MR) is 119 cm³/mol. The van der Waals surface area contributed by atoms with Crippen molar-refractivity contribution in [1.82, 2.24) is 9.21 Å². The second-order valence-electron chi connectivity index (χ2n) is 8.61. The van der Waals surface area contributed by atoms with Crippen molar-refractivity contribution in [3.8, 4) is 0 Å². The summed E-state index contributed by atoms with van der Waals surface area (Å²) < 4.78 is 88.4. The van der Waals surface area contributed by atoms with Gasteiger partial charge in [0.2, 0.25) is 0 Å². The third kappa shape index (κ3) is 4.93. The first kappa shape index (κ1) is 26.0. The number of rotatable bonds is 5. The summed E-state index contributed by atoms with van der Waals surface area (Å²) in [6.07, 6.45) is 0. The van der Waals surface area contributed by atoms with Crippen molar-refractivity contribution in [2.75, 3.05) is 31.6 Å². The molecule has 2 aromatic carbocycles. The highest BCUT2D eigenvalue weighted by Gasteiger charge is 2.53. The lowest BCUT2D eigenvalue weighted by molar-refractivity contribution is -0.178. The minimum Gasteiger partial charge on any atom is -0.377 e. The molecular formula is C22H22F4N4O5S. The average Bonchev–Trinajstić information content (AvgIpc) is 2.79. The summed E-state index contributed by atoms with van der Waals surface area (Å²) in [5.41, 5.74) is -1.25. The van der Waals surface area contributed by atoms with Crippen molar-refractivity contribution < 1.29 is 40.3 Å². The van der Waals surface area contributed by atoms with Crippen LogP contribution in [-0.2, 0) is 25.7 Å². The van der Waals surface area contributed by atoms with E-state index >= 15 is 8.78 Å². The molecule has 2 heterocycles. The molecular weight excluding hydrogens is 508 g/mol. The molecule has 0 radical (unpaired) electrons. The van der Waals surface area contributed by atoms with E-state index in [1.165, 1.54) is 19.1 Å². The summed E-state index contributed by atoms with van der Waals surface area (Å²) in [7, 11) is -4.13. The van der Waals surface area contributed by atoms with Gasteiger partial charge < -0.3 is 15.0 Å². The number of alkyl halides is 2. The fourth-order valence-corrected chi connectivity index (χ4v) is 5.03. The highest BCUT2D eigenvalue weighted by atomic mass is 32.2. The zero-order chi connectivity index (χ0) is 26.4. The van der Waals surface area contributed by atoms with Crippen LogP contribution >= 0.6 is 0 Å². The number of nitrogens with two attached hydrogens (primary N) is 1. The van der Waals surface area contributed by atoms with Gasteiger partial charge in [0.05, 0.1) is 30.9 Å². The predicted octanol–water partition coefficient (Wildman–Crippen LogP) is 1.73. The largest absolute Gasteiger partial charge is 0.377 e. The molecule has 2 aliphatic heterocycles. The van der Waals surface area contributed by atoms with Crippen molar-refractivity contribution in [1.29, 1.82) is 0 Å². The second kappa shape index (κ2) is 9.42. The number of carbonyl (C=O) groups is 2. The van der Waals surface area contributed by atoms with Gasteiger partial charge in [-0.15, -0.1) is 0 Å². The van der Waals surface area contributed by atoms with Crippen molar-refractivity contribution in [3.05, 3.63) is 64.7 Å². The smallest absolute Gasteiger partial charge is 0.352 e. The molecule has 0 saturated carbocycles. The van der Waals surface area contributed by atoms with E-state index in [9.17, 15) is 26.8 Å². The standard InChI is InChI=1S/C22H22F4N4O5S/c1-12-6-14(3-5-18(12)23)28-20(31)13-2-4-19(24)17(7-13)22(25,26)21(32)30-15-8-29(36(27,33)34)9-16(30)11-35-10-15/h2-7,15-16H,8-11H2,1H3,(H,28,31)(H2,27,33,34). The van der Waals surface area contributed by atoms with Crippen LogP contribution < -0.4 is 10.5 Å². The van der Waals surface area contributed by atoms with Crippen LogP contribution in [0.25, 0.3) is 0 Å². The molecule has 9 nitrogen and oxygen atoms in total. The molecule has 2 amide bonds. The Morgan fingerprint density at radius 1 is 1.06 bits per heavy atom. The first-order chi connectivity index (χ1) is 16.8. The van der Waals surface area contributed by atoms with Gasteiger partial charge in [0.25, 0.3) is 22.0 Å². The number of anilines is 1. The zero-order valence-electron chi connectivity index (χ0n) is 18.9. The van der Waals surface area contributed by atoms with Crippen LogP contribution in [0.4, 0.5) is 23.2 Å². The van der Waals surface area contributed by atoms with Gasteiger partial charge in [-0.1, -0.05) is 0 Å². The summed E-state index contributed by atoms with van der Waals surface area (Å²) in [5.74, 6) is -8.93. The van der Waals surface area contributed by atoms with Crippen LogP contribution in [0.1, 0.15) is 21.5 Å². The number of amides is 2. The van der Waals surface area contributed by atoms with E-state index in [2.05, 4.69) is 5.32 Å². The van der Waals surface area contributed by atoms with Crippen LogP contribution in [0.5, 0.6) is 0 Å². The SMILES string of the molecule is Cc1cc(NC(=O)c2ccc(F)c(C(F)(F)C(=O)N3C4COCC3CN(S(N)(=O)=O)C4)c2)ccc1F. The number of benzene rings is 2. The number of aryl methyl sites for hydroxylation is 1. The van der Waals surface area contributed by atoms with Gasteiger partial charge in [0, 0.05) is 24.3 Å². The van der Waals surface area contributed by atoms with Gasteiger partial charge >= 0.3 is 5.92 Å². The van der Waals surface area contributed by atoms with E-state index < -0.39 is 57.2 Å². The van der Waals surface area contributed by atoms with Crippen LogP contribution in [0.15, 0.2) is 36.4 Å². The Morgan fingerprint density at radius 3 is 2.25 bits per heavy atom. The number of carbonyl (C=O) groups excluding carboxylic acids is 2. The molecule has 3 N–H and O–H groups in total. The van der Waals surface area contributed by atoms with Crippen molar-refractivity contribution in [2.24, 2.45) is 5.14 Å². The monoisotopic (exact) mass is 530 g/mol. The number of morpholine rings is 1. The number of hydrogen-bond donors (Lipinski definition) is 2. The molecule has 2 aromatic rings. The van der Waals surface area contributed by atoms with Crippen LogP contribution in [0.3, 0.4) is 0 Å². The van der Waals surface area contributed by atoms with Crippen molar-refractivity contribution >= 4 is 27.7 Å². The minimum atomic E-state index is -4.38. The molecule has 2 saturated heterocycles. The van der Waals surface area contributed by atoms with Gasteiger partial charge in [0.15, 0.2) is 0 Å². The molecule has 14 heteroatoms. The Balaban J connectivity index is 1.60. The van der Waals surface area contributed by atoms with E-state index in [0.717, 1.165) is 21.3 Å². The molecule has 2 atom stereocenters. The molecule has 36 heavy (non-hydrogen) atoms. The van der Waals surface area contributed by atoms with Gasteiger partial charge in [0.1, 0.15) is 11.6 Å². The number of halogens is 4. The van der Waals surface area contributed by atoms with E-state index in [1.807, 2.05) is 0 Å². The fraction of sp³-hybridized carbons (Fsp3) is 0.364. The molecule has 0 aliphatic carbocycles. The Bertz CT molecular complexity index is 1310. The number of fused-ring (bicyclic) bond motifs is 2.